The largest absolute Gasteiger partial charge is 0.508 e. The lowest BCUT2D eigenvalue weighted by Crippen LogP contribution is -1.98. The molecule has 0 aliphatic rings. The van der Waals surface area contributed by atoms with Crippen LogP contribution in [-0.4, -0.2) is 9.67 Å². The number of benzene rings is 3. The molecule has 0 aliphatic heterocycles. The third-order valence-corrected chi connectivity index (χ3v) is 4.58. The van der Waals surface area contributed by atoms with E-state index < -0.39 is 0 Å². The van der Waals surface area contributed by atoms with Crippen LogP contribution in [0.25, 0.3) is 33.3 Å². The van der Waals surface area contributed by atoms with Gasteiger partial charge in [0.25, 0.3) is 0 Å². The number of aliphatic hydroxyl groups excluding tert-OH is 1. The first-order valence-electron chi connectivity index (χ1n) is 7.33. The van der Waals surface area contributed by atoms with Gasteiger partial charge in [-0.2, -0.15) is 0 Å². The number of nitrogens with zero attached hydrogens (tertiary/aromatic N) is 1. The molecule has 0 unspecified atom stereocenters. The molecule has 0 bridgehead atoms. The zero-order valence-electron chi connectivity index (χ0n) is 12.3. The maximum atomic E-state index is 9.98. The van der Waals surface area contributed by atoms with E-state index in [-0.39, 0.29) is 5.76 Å². The van der Waals surface area contributed by atoms with E-state index in [9.17, 15) is 5.11 Å². The maximum absolute atomic E-state index is 9.98. The minimum atomic E-state index is 0.0728. The molecular weight excluding hydrogens is 350 g/mol. The third kappa shape index (κ3) is 2.16. The first-order chi connectivity index (χ1) is 11.2. The summed E-state index contributed by atoms with van der Waals surface area (Å²) in [6.07, 6.45) is 0. The van der Waals surface area contributed by atoms with Crippen molar-refractivity contribution in [2.24, 2.45) is 0 Å². The standard InChI is InChI=1S/C20H14BrNO/c1-13(23)15-6-2-4-8-18(15)22-19-9-5-3-7-16(19)17-12-14(21)10-11-20(17)22/h2-12,23H,1H2. The quantitative estimate of drug-likeness (QED) is 0.429. The number of halogens is 1. The highest BCUT2D eigenvalue weighted by molar-refractivity contribution is 9.10. The summed E-state index contributed by atoms with van der Waals surface area (Å²) in [5.74, 6) is 0.0728. The molecule has 0 aliphatic carbocycles. The summed E-state index contributed by atoms with van der Waals surface area (Å²) in [5.41, 5.74) is 3.86. The second kappa shape index (κ2) is 5.28. The Labute approximate surface area is 142 Å². The molecule has 0 radical (unpaired) electrons. The average Bonchev–Trinajstić information content (AvgIpc) is 2.88. The van der Waals surface area contributed by atoms with Crippen LogP contribution < -0.4 is 0 Å². The van der Waals surface area contributed by atoms with Crippen LogP contribution in [0, 0.1) is 0 Å². The van der Waals surface area contributed by atoms with Gasteiger partial charge in [-0.3, -0.25) is 0 Å². The molecular formula is C20H14BrNO. The summed E-state index contributed by atoms with van der Waals surface area (Å²) < 4.78 is 3.22. The molecule has 3 heteroatoms. The van der Waals surface area contributed by atoms with Crippen molar-refractivity contribution in [1.82, 2.24) is 4.57 Å². The van der Waals surface area contributed by atoms with E-state index in [2.05, 4.69) is 51.3 Å². The smallest absolute Gasteiger partial charge is 0.117 e. The average molecular weight is 364 g/mol. The Balaban J connectivity index is 2.21. The normalized spacial score (nSPS) is 11.2. The predicted octanol–water partition coefficient (Wildman–Crippen LogP) is 6.07. The highest BCUT2D eigenvalue weighted by Crippen LogP contribution is 2.35. The van der Waals surface area contributed by atoms with Crippen LogP contribution in [0.4, 0.5) is 0 Å². The fourth-order valence-electron chi connectivity index (χ4n) is 3.12. The van der Waals surface area contributed by atoms with E-state index in [1.807, 2.05) is 42.5 Å². The molecule has 23 heavy (non-hydrogen) atoms. The lowest BCUT2D eigenvalue weighted by atomic mass is 10.1. The second-order valence-electron chi connectivity index (χ2n) is 5.48. The van der Waals surface area contributed by atoms with E-state index in [1.54, 1.807) is 0 Å². The fourth-order valence-corrected chi connectivity index (χ4v) is 3.48. The summed E-state index contributed by atoms with van der Waals surface area (Å²) >= 11 is 3.56. The van der Waals surface area contributed by atoms with Crippen LogP contribution >= 0.6 is 15.9 Å². The molecule has 1 heterocycles. The van der Waals surface area contributed by atoms with Gasteiger partial charge in [0.2, 0.25) is 0 Å². The van der Waals surface area contributed by atoms with E-state index in [0.29, 0.717) is 0 Å². The van der Waals surface area contributed by atoms with Crippen molar-refractivity contribution in [3.05, 3.63) is 83.3 Å². The number of aliphatic hydroxyl groups is 1. The van der Waals surface area contributed by atoms with Crippen LogP contribution in [0.2, 0.25) is 0 Å². The first-order valence-corrected chi connectivity index (χ1v) is 8.12. The topological polar surface area (TPSA) is 25.2 Å². The summed E-state index contributed by atoms with van der Waals surface area (Å²) in [4.78, 5) is 0. The van der Waals surface area contributed by atoms with Gasteiger partial charge in [0, 0.05) is 20.8 Å². The second-order valence-corrected chi connectivity index (χ2v) is 6.39. The molecule has 0 spiro atoms. The molecule has 4 rings (SSSR count). The number of aromatic nitrogens is 1. The van der Waals surface area contributed by atoms with Gasteiger partial charge in [0.05, 0.1) is 16.7 Å². The van der Waals surface area contributed by atoms with Crippen molar-refractivity contribution < 1.29 is 5.11 Å². The Hall–Kier alpha value is -2.52. The summed E-state index contributed by atoms with van der Waals surface area (Å²) in [7, 11) is 0. The number of para-hydroxylation sites is 2. The van der Waals surface area contributed by atoms with E-state index >= 15 is 0 Å². The number of hydrogen-bond donors (Lipinski definition) is 1. The van der Waals surface area contributed by atoms with E-state index in [1.165, 1.54) is 10.8 Å². The number of fused-ring (bicyclic) bond motifs is 3. The molecule has 1 aromatic heterocycles. The lowest BCUT2D eigenvalue weighted by molar-refractivity contribution is 0.513. The SMILES string of the molecule is C=C(O)c1ccccc1-n1c2ccccc2c2cc(Br)ccc21. The van der Waals surface area contributed by atoms with Crippen molar-refractivity contribution in [3.8, 4) is 5.69 Å². The summed E-state index contributed by atoms with van der Waals surface area (Å²) in [6, 6.07) is 22.3. The molecule has 0 saturated heterocycles. The van der Waals surface area contributed by atoms with Gasteiger partial charge in [-0.05, 0) is 36.4 Å². The molecule has 0 amide bonds. The Bertz CT molecular complexity index is 1060. The maximum Gasteiger partial charge on any atom is 0.117 e. The Morgan fingerprint density at radius 2 is 1.57 bits per heavy atom. The van der Waals surface area contributed by atoms with E-state index in [0.717, 1.165) is 26.8 Å². The van der Waals surface area contributed by atoms with Gasteiger partial charge in [0.1, 0.15) is 5.76 Å². The minimum Gasteiger partial charge on any atom is -0.508 e. The third-order valence-electron chi connectivity index (χ3n) is 4.09. The monoisotopic (exact) mass is 363 g/mol. The van der Waals surface area contributed by atoms with Crippen LogP contribution in [0.5, 0.6) is 0 Å². The van der Waals surface area contributed by atoms with Crippen LogP contribution in [0.15, 0.2) is 77.8 Å². The zero-order chi connectivity index (χ0) is 16.0. The first kappa shape index (κ1) is 14.1. The van der Waals surface area contributed by atoms with Gasteiger partial charge >= 0.3 is 0 Å². The van der Waals surface area contributed by atoms with Crippen molar-refractivity contribution in [2.45, 2.75) is 0 Å². The minimum absolute atomic E-state index is 0.0728. The molecule has 0 saturated carbocycles. The van der Waals surface area contributed by atoms with Crippen LogP contribution in [0.3, 0.4) is 0 Å². The zero-order valence-corrected chi connectivity index (χ0v) is 13.9. The van der Waals surface area contributed by atoms with Crippen LogP contribution in [-0.2, 0) is 0 Å². The van der Waals surface area contributed by atoms with Gasteiger partial charge in [-0.15, -0.1) is 0 Å². The predicted molar refractivity (Wildman–Crippen MR) is 100 cm³/mol. The Kier molecular flexibility index (Phi) is 3.24. The number of hydrogen-bond acceptors (Lipinski definition) is 1. The fraction of sp³-hybridized carbons (Fsp3) is 0. The van der Waals surface area contributed by atoms with Gasteiger partial charge in [0.15, 0.2) is 0 Å². The lowest BCUT2D eigenvalue weighted by Gasteiger charge is -2.12. The Morgan fingerprint density at radius 1 is 0.870 bits per heavy atom. The summed E-state index contributed by atoms with van der Waals surface area (Å²) in [6.45, 7) is 3.70. The molecule has 0 atom stereocenters. The molecule has 2 nitrogen and oxygen atoms in total. The van der Waals surface area contributed by atoms with Gasteiger partial charge in [-0.25, -0.2) is 0 Å². The van der Waals surface area contributed by atoms with Crippen molar-refractivity contribution in [1.29, 1.82) is 0 Å². The Morgan fingerprint density at radius 3 is 2.39 bits per heavy atom. The highest BCUT2D eigenvalue weighted by atomic mass is 79.9. The molecule has 0 fully saturated rings. The van der Waals surface area contributed by atoms with E-state index in [4.69, 9.17) is 0 Å². The molecule has 4 aromatic rings. The van der Waals surface area contributed by atoms with Crippen LogP contribution in [0.1, 0.15) is 5.56 Å². The summed E-state index contributed by atoms with van der Waals surface area (Å²) in [5, 5.41) is 12.3. The van der Waals surface area contributed by atoms with Crippen molar-refractivity contribution in [2.75, 3.05) is 0 Å². The molecule has 112 valence electrons. The van der Waals surface area contributed by atoms with Crippen molar-refractivity contribution in [3.63, 3.8) is 0 Å². The molecule has 1 N–H and O–H groups in total. The highest BCUT2D eigenvalue weighted by Gasteiger charge is 2.15. The van der Waals surface area contributed by atoms with Gasteiger partial charge in [-0.1, -0.05) is 52.8 Å². The number of rotatable bonds is 2. The molecule has 3 aromatic carbocycles. The van der Waals surface area contributed by atoms with Crippen molar-refractivity contribution >= 4 is 43.5 Å². The van der Waals surface area contributed by atoms with Gasteiger partial charge < -0.3 is 9.67 Å².